The molecule has 2 rings (SSSR count). The van der Waals surface area contributed by atoms with Crippen molar-refractivity contribution in [3.8, 4) is 5.75 Å². The predicted molar refractivity (Wildman–Crippen MR) is 88.6 cm³/mol. The Labute approximate surface area is 141 Å². The quantitative estimate of drug-likeness (QED) is 0.792. The third-order valence-electron chi connectivity index (χ3n) is 3.28. The number of carbonyl (C=O) groups excluding carboxylic acids is 1. The summed E-state index contributed by atoms with van der Waals surface area (Å²) >= 11 is 0. The summed E-state index contributed by atoms with van der Waals surface area (Å²) in [5, 5.41) is 10.7. The van der Waals surface area contributed by atoms with Crippen molar-refractivity contribution in [1.82, 2.24) is 0 Å². The van der Waals surface area contributed by atoms with Crippen LogP contribution in [0.5, 0.6) is 5.75 Å². The van der Waals surface area contributed by atoms with E-state index in [-0.39, 0.29) is 17.3 Å². The maximum absolute atomic E-state index is 12.2. The normalized spacial score (nSPS) is 13.1. The predicted octanol–water partition coefficient (Wildman–Crippen LogP) is 2.26. The number of amides is 1. The van der Waals surface area contributed by atoms with Gasteiger partial charge in [-0.3, -0.25) is 9.00 Å². The number of hydrogen-bond donors (Lipinski definition) is 2. The number of carbonyl (C=O) groups is 2. The zero-order chi connectivity index (χ0) is 17.7. The lowest BCUT2D eigenvalue weighted by atomic mass is 10.3. The molecule has 7 nitrogen and oxygen atoms in total. The van der Waals surface area contributed by atoms with Crippen LogP contribution in [0.2, 0.25) is 0 Å². The molecule has 1 heterocycles. The van der Waals surface area contributed by atoms with Crippen molar-refractivity contribution in [2.75, 3.05) is 12.4 Å². The number of aromatic carboxylic acids is 1. The first-order valence-corrected chi connectivity index (χ1v) is 8.43. The van der Waals surface area contributed by atoms with E-state index in [9.17, 15) is 13.8 Å². The molecule has 2 atom stereocenters. The highest BCUT2D eigenvalue weighted by Gasteiger charge is 2.22. The van der Waals surface area contributed by atoms with E-state index in [1.54, 1.807) is 31.4 Å². The second-order valence-electron chi connectivity index (χ2n) is 4.96. The molecule has 0 saturated heterocycles. The monoisotopic (exact) mass is 351 g/mol. The van der Waals surface area contributed by atoms with Crippen LogP contribution in [0.25, 0.3) is 0 Å². The second kappa shape index (κ2) is 7.78. The fourth-order valence-corrected chi connectivity index (χ4v) is 2.86. The summed E-state index contributed by atoms with van der Waals surface area (Å²) < 4.78 is 22.3. The molecule has 2 N–H and O–H groups in total. The van der Waals surface area contributed by atoms with Gasteiger partial charge in [0.1, 0.15) is 16.8 Å². The van der Waals surface area contributed by atoms with Gasteiger partial charge in [-0.15, -0.1) is 0 Å². The Morgan fingerprint density at radius 2 is 1.92 bits per heavy atom. The molecule has 1 aromatic heterocycles. The van der Waals surface area contributed by atoms with Crippen molar-refractivity contribution < 1.29 is 28.1 Å². The smallest absolute Gasteiger partial charge is 0.371 e. The molecule has 0 spiro atoms. The molecule has 0 fully saturated rings. The largest absolute Gasteiger partial charge is 0.497 e. The van der Waals surface area contributed by atoms with Crippen molar-refractivity contribution >= 4 is 28.4 Å². The van der Waals surface area contributed by atoms with Gasteiger partial charge < -0.3 is 19.6 Å². The molecule has 24 heavy (non-hydrogen) atoms. The summed E-state index contributed by atoms with van der Waals surface area (Å²) in [6.07, 6.45) is 0. The van der Waals surface area contributed by atoms with Gasteiger partial charge in [-0.2, -0.15) is 0 Å². The van der Waals surface area contributed by atoms with Crippen LogP contribution >= 0.6 is 0 Å². The highest BCUT2D eigenvalue weighted by atomic mass is 32.2. The molecule has 2 aromatic rings. The van der Waals surface area contributed by atoms with Crippen LogP contribution < -0.4 is 10.1 Å². The average Bonchev–Trinajstić information content (AvgIpc) is 3.03. The van der Waals surface area contributed by atoms with Crippen LogP contribution in [0.3, 0.4) is 0 Å². The molecule has 0 bridgehead atoms. The standard InChI is InChI=1S/C16H17NO6S/c1-10(15(18)17-11-3-5-12(22-2)6-4-11)24(21)9-13-7-8-14(23-13)16(19)20/h3-8,10H,9H2,1-2H3,(H,17,18)(H,19,20). The number of rotatable bonds is 7. The maximum Gasteiger partial charge on any atom is 0.371 e. The van der Waals surface area contributed by atoms with E-state index < -0.39 is 27.9 Å². The second-order valence-corrected chi connectivity index (χ2v) is 6.71. The molecular weight excluding hydrogens is 334 g/mol. The SMILES string of the molecule is COc1ccc(NC(=O)C(C)S(=O)Cc2ccc(C(=O)O)o2)cc1. The molecule has 0 saturated carbocycles. The number of anilines is 1. The number of ether oxygens (including phenoxy) is 1. The minimum Gasteiger partial charge on any atom is -0.497 e. The Bertz CT molecular complexity index is 752. The minimum absolute atomic E-state index is 0.0372. The van der Waals surface area contributed by atoms with Crippen molar-refractivity contribution in [3.63, 3.8) is 0 Å². The molecule has 2 unspecified atom stereocenters. The van der Waals surface area contributed by atoms with Gasteiger partial charge in [-0.1, -0.05) is 0 Å². The van der Waals surface area contributed by atoms with Gasteiger partial charge >= 0.3 is 5.97 Å². The lowest BCUT2D eigenvalue weighted by molar-refractivity contribution is -0.115. The first-order valence-electron chi connectivity index (χ1n) is 7.05. The van der Waals surface area contributed by atoms with E-state index in [1.165, 1.54) is 19.1 Å². The molecule has 0 radical (unpaired) electrons. The molecule has 0 aliphatic heterocycles. The van der Waals surface area contributed by atoms with Crippen LogP contribution in [-0.4, -0.2) is 33.6 Å². The van der Waals surface area contributed by atoms with E-state index >= 15 is 0 Å². The number of carboxylic acid groups (broad SMARTS) is 1. The topological polar surface area (TPSA) is 106 Å². The van der Waals surface area contributed by atoms with E-state index in [1.807, 2.05) is 0 Å². The molecule has 0 aliphatic rings. The van der Waals surface area contributed by atoms with Crippen LogP contribution in [0.4, 0.5) is 5.69 Å². The van der Waals surface area contributed by atoms with Gasteiger partial charge in [-0.25, -0.2) is 4.79 Å². The van der Waals surface area contributed by atoms with Crippen molar-refractivity contribution in [2.24, 2.45) is 0 Å². The number of furan rings is 1. The third-order valence-corrected chi connectivity index (χ3v) is 4.85. The number of methoxy groups -OCH3 is 1. The summed E-state index contributed by atoms with van der Waals surface area (Å²) in [7, 11) is -0.00395. The molecular formula is C16H17NO6S. The minimum atomic E-state index is -1.55. The summed E-state index contributed by atoms with van der Waals surface area (Å²) in [6, 6.07) is 9.49. The Morgan fingerprint density at radius 1 is 1.25 bits per heavy atom. The van der Waals surface area contributed by atoms with Crippen molar-refractivity contribution in [1.29, 1.82) is 0 Å². The van der Waals surface area contributed by atoms with E-state index in [2.05, 4.69) is 5.32 Å². The van der Waals surface area contributed by atoms with E-state index in [4.69, 9.17) is 14.3 Å². The van der Waals surface area contributed by atoms with Gasteiger partial charge in [0, 0.05) is 16.5 Å². The Hall–Kier alpha value is -2.61. The van der Waals surface area contributed by atoms with Crippen LogP contribution in [0.1, 0.15) is 23.2 Å². The maximum atomic E-state index is 12.2. The van der Waals surface area contributed by atoms with Gasteiger partial charge in [0.15, 0.2) is 0 Å². The molecule has 128 valence electrons. The van der Waals surface area contributed by atoms with Gasteiger partial charge in [0.2, 0.25) is 11.7 Å². The number of nitrogens with one attached hydrogen (secondary N) is 1. The molecule has 0 aliphatic carbocycles. The zero-order valence-corrected chi connectivity index (χ0v) is 14.0. The van der Waals surface area contributed by atoms with Crippen LogP contribution in [0.15, 0.2) is 40.8 Å². The van der Waals surface area contributed by atoms with Gasteiger partial charge in [0.25, 0.3) is 0 Å². The summed E-state index contributed by atoms with van der Waals surface area (Å²) in [5.74, 6) is -0.936. The summed E-state index contributed by atoms with van der Waals surface area (Å²) in [4.78, 5) is 22.9. The Morgan fingerprint density at radius 3 is 2.46 bits per heavy atom. The van der Waals surface area contributed by atoms with Crippen molar-refractivity contribution in [2.45, 2.75) is 17.9 Å². The van der Waals surface area contributed by atoms with Crippen molar-refractivity contribution in [3.05, 3.63) is 47.9 Å². The number of benzene rings is 1. The fourth-order valence-electron chi connectivity index (χ4n) is 1.87. The highest BCUT2D eigenvalue weighted by molar-refractivity contribution is 7.85. The summed E-state index contributed by atoms with van der Waals surface area (Å²) in [5.41, 5.74) is 0.566. The molecule has 1 amide bonds. The lowest BCUT2D eigenvalue weighted by Crippen LogP contribution is -2.29. The first kappa shape index (κ1) is 17.7. The third kappa shape index (κ3) is 4.45. The van der Waals surface area contributed by atoms with E-state index in [0.717, 1.165) is 0 Å². The Balaban J connectivity index is 1.95. The van der Waals surface area contributed by atoms with Crippen LogP contribution in [-0.2, 0) is 21.3 Å². The molecule has 8 heteroatoms. The molecule has 1 aromatic carbocycles. The highest BCUT2D eigenvalue weighted by Crippen LogP contribution is 2.17. The average molecular weight is 351 g/mol. The van der Waals surface area contributed by atoms with E-state index in [0.29, 0.717) is 11.4 Å². The van der Waals surface area contributed by atoms with Crippen LogP contribution in [0, 0.1) is 0 Å². The Kier molecular flexibility index (Phi) is 5.75. The number of hydrogen-bond acceptors (Lipinski definition) is 5. The first-order chi connectivity index (χ1) is 11.4. The number of carboxylic acids is 1. The lowest BCUT2D eigenvalue weighted by Gasteiger charge is -2.12. The zero-order valence-electron chi connectivity index (χ0n) is 13.1. The summed E-state index contributed by atoms with van der Waals surface area (Å²) in [6.45, 7) is 1.54. The van der Waals surface area contributed by atoms with Gasteiger partial charge in [-0.05, 0) is 43.3 Å². The fraction of sp³-hybridized carbons (Fsp3) is 0.250. The van der Waals surface area contributed by atoms with Gasteiger partial charge in [0.05, 0.1) is 12.9 Å².